The van der Waals surface area contributed by atoms with E-state index in [4.69, 9.17) is 9.47 Å². The molecule has 0 spiro atoms. The Bertz CT molecular complexity index is 710. The monoisotopic (exact) mass is 363 g/mol. The molecule has 26 heavy (non-hydrogen) atoms. The van der Waals surface area contributed by atoms with E-state index in [2.05, 4.69) is 5.32 Å². The third kappa shape index (κ3) is 5.72. The van der Waals surface area contributed by atoms with Crippen LogP contribution in [0.15, 0.2) is 48.5 Å². The molecular weight excluding hydrogens is 341 g/mol. The minimum absolute atomic E-state index is 0.0568. The summed E-state index contributed by atoms with van der Waals surface area (Å²) in [6, 6.07) is 12.9. The first-order valence-electron chi connectivity index (χ1n) is 8.15. The van der Waals surface area contributed by atoms with Crippen molar-refractivity contribution in [3.8, 4) is 5.75 Å². The van der Waals surface area contributed by atoms with Crippen molar-refractivity contribution in [3.05, 3.63) is 65.5 Å². The van der Waals surface area contributed by atoms with Crippen molar-refractivity contribution in [2.45, 2.75) is 25.2 Å². The number of hydrogen-bond acceptors (Lipinski definition) is 5. The Morgan fingerprint density at radius 3 is 2.62 bits per heavy atom. The number of amides is 1. The highest BCUT2D eigenvalue weighted by Gasteiger charge is 2.22. The molecule has 2 atom stereocenters. The quantitative estimate of drug-likeness (QED) is 0.671. The number of methoxy groups -OCH3 is 1. The van der Waals surface area contributed by atoms with Gasteiger partial charge >= 0.3 is 6.09 Å². The molecule has 0 saturated carbocycles. The predicted molar refractivity (Wildman–Crippen MR) is 93.2 cm³/mol. The van der Waals surface area contributed by atoms with E-state index >= 15 is 0 Å². The molecule has 0 bridgehead atoms. The molecule has 0 aliphatic rings. The number of carbonyl (C=O) groups excluding carboxylic acids is 1. The van der Waals surface area contributed by atoms with E-state index in [0.717, 1.165) is 11.6 Å². The van der Waals surface area contributed by atoms with Gasteiger partial charge in [-0.3, -0.25) is 0 Å². The molecule has 0 aliphatic heterocycles. The minimum atomic E-state index is -1.34. The lowest BCUT2D eigenvalue weighted by atomic mass is 10.0. The second-order valence-electron chi connectivity index (χ2n) is 5.68. The highest BCUT2D eigenvalue weighted by molar-refractivity contribution is 5.67. The maximum atomic E-state index is 13.4. The van der Waals surface area contributed by atoms with E-state index in [-0.39, 0.29) is 30.9 Å². The number of alkyl carbamates (subject to hydrolysis) is 1. The molecule has 0 saturated heterocycles. The molecule has 2 aromatic rings. The van der Waals surface area contributed by atoms with Crippen molar-refractivity contribution in [2.75, 3.05) is 13.7 Å². The molecule has 0 radical (unpaired) electrons. The zero-order valence-corrected chi connectivity index (χ0v) is 14.4. The van der Waals surface area contributed by atoms with Crippen LogP contribution in [0.3, 0.4) is 0 Å². The average molecular weight is 363 g/mol. The van der Waals surface area contributed by atoms with Crippen LogP contribution >= 0.6 is 0 Å². The molecule has 3 N–H and O–H groups in total. The van der Waals surface area contributed by atoms with Crippen LogP contribution in [0.25, 0.3) is 0 Å². The first-order chi connectivity index (χ1) is 12.5. The van der Waals surface area contributed by atoms with Crippen molar-refractivity contribution in [3.63, 3.8) is 0 Å². The molecule has 6 nitrogen and oxygen atoms in total. The molecule has 0 aromatic heterocycles. The second kappa shape index (κ2) is 9.74. The van der Waals surface area contributed by atoms with Gasteiger partial charge in [-0.2, -0.15) is 0 Å². The van der Waals surface area contributed by atoms with E-state index in [1.807, 2.05) is 30.3 Å². The van der Waals surface area contributed by atoms with Gasteiger partial charge in [-0.25, -0.2) is 9.18 Å². The fourth-order valence-corrected chi connectivity index (χ4v) is 2.40. The topological polar surface area (TPSA) is 88.0 Å². The summed E-state index contributed by atoms with van der Waals surface area (Å²) in [7, 11) is 1.39. The van der Waals surface area contributed by atoms with E-state index in [1.54, 1.807) is 0 Å². The van der Waals surface area contributed by atoms with Crippen LogP contribution in [0.5, 0.6) is 5.75 Å². The van der Waals surface area contributed by atoms with Gasteiger partial charge in [-0.1, -0.05) is 30.3 Å². The standard InChI is InChI=1S/C19H22FNO5/c1-25-17-8-7-14(20)11-15(17)18(23)16(22)9-10-21-19(24)26-12-13-5-3-2-4-6-13/h2-8,11,16,18,22-23H,9-10,12H2,1H3,(H,21,24). The van der Waals surface area contributed by atoms with E-state index in [0.29, 0.717) is 0 Å². The Kier molecular flexibility index (Phi) is 7.37. The van der Waals surface area contributed by atoms with Crippen LogP contribution < -0.4 is 10.1 Å². The van der Waals surface area contributed by atoms with Crippen LogP contribution in [-0.4, -0.2) is 36.1 Å². The first-order valence-corrected chi connectivity index (χ1v) is 8.15. The Hall–Kier alpha value is -2.64. The van der Waals surface area contributed by atoms with Crippen LogP contribution in [-0.2, 0) is 11.3 Å². The Balaban J connectivity index is 1.78. The molecule has 2 aromatic carbocycles. The van der Waals surface area contributed by atoms with Crippen LogP contribution in [0.1, 0.15) is 23.7 Å². The normalized spacial score (nSPS) is 12.9. The number of carbonyl (C=O) groups is 1. The molecule has 2 unspecified atom stereocenters. The van der Waals surface area contributed by atoms with Crippen molar-refractivity contribution in [2.24, 2.45) is 0 Å². The van der Waals surface area contributed by atoms with E-state index in [1.165, 1.54) is 19.2 Å². The lowest BCUT2D eigenvalue weighted by molar-refractivity contribution is 0.0121. The summed E-state index contributed by atoms with van der Waals surface area (Å²) in [5.41, 5.74) is 1.00. The molecular formula is C19H22FNO5. The fourth-order valence-electron chi connectivity index (χ4n) is 2.40. The third-order valence-electron chi connectivity index (χ3n) is 3.80. The summed E-state index contributed by atoms with van der Waals surface area (Å²) in [5, 5.41) is 22.8. The summed E-state index contributed by atoms with van der Waals surface area (Å²) >= 11 is 0. The summed E-state index contributed by atoms with van der Waals surface area (Å²) in [6.07, 6.45) is -3.12. The number of rotatable bonds is 8. The molecule has 0 fully saturated rings. The van der Waals surface area contributed by atoms with Crippen molar-refractivity contribution in [1.29, 1.82) is 0 Å². The zero-order chi connectivity index (χ0) is 18.9. The lowest BCUT2D eigenvalue weighted by Gasteiger charge is -2.20. The number of ether oxygens (including phenoxy) is 2. The van der Waals surface area contributed by atoms with Crippen LogP contribution in [0.4, 0.5) is 9.18 Å². The highest BCUT2D eigenvalue weighted by Crippen LogP contribution is 2.28. The maximum absolute atomic E-state index is 13.4. The molecule has 1 amide bonds. The lowest BCUT2D eigenvalue weighted by Crippen LogP contribution is -2.30. The molecule has 0 aliphatic carbocycles. The van der Waals surface area contributed by atoms with Gasteiger partial charge in [-0.15, -0.1) is 0 Å². The smallest absolute Gasteiger partial charge is 0.407 e. The summed E-state index contributed by atoms with van der Waals surface area (Å²) in [6.45, 7) is 0.224. The zero-order valence-electron chi connectivity index (χ0n) is 14.4. The van der Waals surface area contributed by atoms with Crippen molar-refractivity contribution < 1.29 is 28.9 Å². The largest absolute Gasteiger partial charge is 0.496 e. The van der Waals surface area contributed by atoms with Gasteiger partial charge in [-0.05, 0) is 30.2 Å². The maximum Gasteiger partial charge on any atom is 0.407 e. The van der Waals surface area contributed by atoms with Crippen molar-refractivity contribution >= 4 is 6.09 Å². The molecule has 2 rings (SSSR count). The number of nitrogens with one attached hydrogen (secondary N) is 1. The average Bonchev–Trinajstić information content (AvgIpc) is 2.66. The third-order valence-corrected chi connectivity index (χ3v) is 3.80. The van der Waals surface area contributed by atoms with Gasteiger partial charge in [0.15, 0.2) is 0 Å². The van der Waals surface area contributed by atoms with Gasteiger partial charge in [0.2, 0.25) is 0 Å². The van der Waals surface area contributed by atoms with Gasteiger partial charge in [0.05, 0.1) is 13.2 Å². The Labute approximate surface area is 151 Å². The SMILES string of the molecule is COc1ccc(F)cc1C(O)C(O)CCNC(=O)OCc1ccccc1. The number of halogens is 1. The van der Waals surface area contributed by atoms with Gasteiger partial charge in [0.25, 0.3) is 0 Å². The summed E-state index contributed by atoms with van der Waals surface area (Å²) < 4.78 is 23.5. The summed E-state index contributed by atoms with van der Waals surface area (Å²) in [4.78, 5) is 11.6. The second-order valence-corrected chi connectivity index (χ2v) is 5.68. The highest BCUT2D eigenvalue weighted by atomic mass is 19.1. The number of hydrogen-bond donors (Lipinski definition) is 3. The number of aliphatic hydroxyl groups excluding tert-OH is 2. The predicted octanol–water partition coefficient (Wildman–Crippen LogP) is 2.55. The van der Waals surface area contributed by atoms with E-state index < -0.39 is 24.1 Å². The van der Waals surface area contributed by atoms with E-state index in [9.17, 15) is 19.4 Å². The van der Waals surface area contributed by atoms with Gasteiger partial charge in [0.1, 0.15) is 24.3 Å². The van der Waals surface area contributed by atoms with Crippen LogP contribution in [0.2, 0.25) is 0 Å². The molecule has 0 heterocycles. The van der Waals surface area contributed by atoms with Gasteiger partial charge < -0.3 is 25.0 Å². The number of benzene rings is 2. The molecule has 140 valence electrons. The first kappa shape index (κ1) is 19.7. The summed E-state index contributed by atoms with van der Waals surface area (Å²) in [5.74, 6) is -0.275. The Morgan fingerprint density at radius 1 is 1.19 bits per heavy atom. The fraction of sp³-hybridized carbons (Fsp3) is 0.316. The van der Waals surface area contributed by atoms with Crippen LogP contribution in [0, 0.1) is 5.82 Å². The van der Waals surface area contributed by atoms with Gasteiger partial charge in [0, 0.05) is 12.1 Å². The minimum Gasteiger partial charge on any atom is -0.496 e. The Morgan fingerprint density at radius 2 is 1.92 bits per heavy atom. The number of aliphatic hydroxyl groups is 2. The van der Waals surface area contributed by atoms with Crippen molar-refractivity contribution in [1.82, 2.24) is 5.32 Å². The molecule has 7 heteroatoms.